The van der Waals surface area contributed by atoms with E-state index in [1.165, 1.54) is 44.5 Å². The van der Waals surface area contributed by atoms with Gasteiger partial charge in [0, 0.05) is 5.56 Å². The molecule has 0 aliphatic carbocycles. The van der Waals surface area contributed by atoms with Crippen molar-refractivity contribution >= 4 is 27.8 Å². The van der Waals surface area contributed by atoms with Crippen molar-refractivity contribution in [2.45, 2.75) is 33.2 Å². The molecule has 6 rings (SSSR count). The van der Waals surface area contributed by atoms with Crippen molar-refractivity contribution in [1.29, 1.82) is 0 Å². The molecule has 3 aromatic heterocycles. The van der Waals surface area contributed by atoms with Gasteiger partial charge in [0.2, 0.25) is 11.5 Å². The Balaban J connectivity index is 1.96. The molecule has 0 amide bonds. The Morgan fingerprint density at radius 1 is 1.00 bits per heavy atom. The standard InChI is InChI=1S/C24H23N4/c1-14-12-16-21(26(5)13-14)20-15(2)10-11-19-22(20)28(24(16,3)4)23-25-17-8-6-7-9-18(17)27(19)23/h6-13H,1-5H3/q+1. The van der Waals surface area contributed by atoms with E-state index in [1.807, 2.05) is 0 Å². The number of fused-ring (bicyclic) bond motifs is 7. The number of hydrogen-bond donors (Lipinski definition) is 0. The molecule has 0 spiro atoms. The molecule has 138 valence electrons. The zero-order chi connectivity index (χ0) is 19.4. The van der Waals surface area contributed by atoms with Crippen LogP contribution in [0, 0.1) is 13.8 Å². The van der Waals surface area contributed by atoms with Crippen LogP contribution in [-0.4, -0.2) is 14.0 Å². The quantitative estimate of drug-likeness (QED) is 0.366. The molecule has 0 unspecified atom stereocenters. The number of imidazole rings is 2. The summed E-state index contributed by atoms with van der Waals surface area (Å²) in [5.41, 5.74) is 11.1. The molecule has 5 aromatic rings. The van der Waals surface area contributed by atoms with Crippen LogP contribution in [0.3, 0.4) is 0 Å². The van der Waals surface area contributed by atoms with Crippen molar-refractivity contribution in [1.82, 2.24) is 14.0 Å². The smallest absolute Gasteiger partial charge is 0.220 e. The van der Waals surface area contributed by atoms with E-state index in [1.54, 1.807) is 0 Å². The van der Waals surface area contributed by atoms with Gasteiger partial charge in [0.15, 0.2) is 6.20 Å². The number of rotatable bonds is 0. The Bertz CT molecular complexity index is 1460. The summed E-state index contributed by atoms with van der Waals surface area (Å²) in [6.07, 6.45) is 2.23. The van der Waals surface area contributed by atoms with E-state index < -0.39 is 0 Å². The molecule has 0 N–H and O–H groups in total. The number of nitrogens with zero attached hydrogens (tertiary/aromatic N) is 4. The minimum Gasteiger partial charge on any atom is -0.299 e. The molecule has 0 fully saturated rings. The third kappa shape index (κ3) is 1.67. The average molecular weight is 367 g/mol. The van der Waals surface area contributed by atoms with E-state index in [4.69, 9.17) is 4.98 Å². The van der Waals surface area contributed by atoms with Crippen molar-refractivity contribution in [3.05, 3.63) is 65.4 Å². The highest BCUT2D eigenvalue weighted by Crippen LogP contribution is 2.46. The minimum atomic E-state index is -0.204. The molecular formula is C24H23N4+. The second-order valence-electron chi connectivity index (χ2n) is 8.65. The van der Waals surface area contributed by atoms with Gasteiger partial charge in [0.1, 0.15) is 7.05 Å². The largest absolute Gasteiger partial charge is 0.299 e. The van der Waals surface area contributed by atoms with Gasteiger partial charge in [-0.3, -0.25) is 8.97 Å². The van der Waals surface area contributed by atoms with Gasteiger partial charge in [0.05, 0.1) is 38.7 Å². The number of para-hydroxylation sites is 2. The first-order valence-corrected chi connectivity index (χ1v) is 9.82. The molecule has 0 radical (unpaired) electrons. The lowest BCUT2D eigenvalue weighted by molar-refractivity contribution is -0.661. The van der Waals surface area contributed by atoms with Crippen LogP contribution in [0.1, 0.15) is 30.5 Å². The molecule has 1 aliphatic rings. The summed E-state index contributed by atoms with van der Waals surface area (Å²) in [5.74, 6) is 1.02. The lowest BCUT2D eigenvalue weighted by Crippen LogP contribution is -2.40. The second-order valence-corrected chi connectivity index (χ2v) is 8.65. The maximum absolute atomic E-state index is 5.06. The van der Waals surface area contributed by atoms with E-state index in [9.17, 15) is 0 Å². The summed E-state index contributed by atoms with van der Waals surface area (Å²) in [6.45, 7) is 9.02. The van der Waals surface area contributed by atoms with Crippen molar-refractivity contribution < 1.29 is 4.57 Å². The number of hydrogen-bond acceptors (Lipinski definition) is 1. The van der Waals surface area contributed by atoms with Crippen LogP contribution in [0.4, 0.5) is 0 Å². The van der Waals surface area contributed by atoms with Crippen LogP contribution in [0.25, 0.3) is 39.1 Å². The Hall–Kier alpha value is -3.14. The van der Waals surface area contributed by atoms with E-state index in [0.29, 0.717) is 0 Å². The van der Waals surface area contributed by atoms with Gasteiger partial charge in [-0.05, 0) is 57.5 Å². The Morgan fingerprint density at radius 3 is 2.61 bits per heavy atom. The Labute approximate surface area is 163 Å². The van der Waals surface area contributed by atoms with Crippen molar-refractivity contribution in [3.63, 3.8) is 0 Å². The van der Waals surface area contributed by atoms with Gasteiger partial charge in [-0.25, -0.2) is 9.55 Å². The van der Waals surface area contributed by atoms with Gasteiger partial charge in [-0.2, -0.15) is 0 Å². The normalized spacial score (nSPS) is 14.9. The summed E-state index contributed by atoms with van der Waals surface area (Å²) < 4.78 is 7.08. The lowest BCUT2D eigenvalue weighted by atomic mass is 9.83. The number of aromatic nitrogens is 4. The first kappa shape index (κ1) is 15.9. The predicted octanol–water partition coefficient (Wildman–Crippen LogP) is 4.65. The highest BCUT2D eigenvalue weighted by molar-refractivity contribution is 6.01. The van der Waals surface area contributed by atoms with E-state index in [-0.39, 0.29) is 5.54 Å². The Kier molecular flexibility index (Phi) is 2.73. The van der Waals surface area contributed by atoms with Crippen molar-refractivity contribution in [2.24, 2.45) is 7.05 Å². The van der Waals surface area contributed by atoms with Gasteiger partial charge in [-0.1, -0.05) is 18.2 Å². The summed E-state index contributed by atoms with van der Waals surface area (Å²) in [7, 11) is 2.17. The van der Waals surface area contributed by atoms with E-state index in [0.717, 1.165) is 11.3 Å². The third-order valence-electron chi connectivity index (χ3n) is 6.40. The molecule has 4 heteroatoms. The summed E-state index contributed by atoms with van der Waals surface area (Å²) in [6, 6.07) is 15.3. The molecule has 28 heavy (non-hydrogen) atoms. The molecule has 2 aromatic carbocycles. The highest BCUT2D eigenvalue weighted by atomic mass is 15.2. The first-order chi connectivity index (χ1) is 13.4. The number of benzene rings is 2. The van der Waals surface area contributed by atoms with E-state index in [2.05, 4.69) is 96.9 Å². The fourth-order valence-electron chi connectivity index (χ4n) is 5.21. The van der Waals surface area contributed by atoms with Crippen molar-refractivity contribution in [3.8, 4) is 11.3 Å². The minimum absolute atomic E-state index is 0.204. The lowest BCUT2D eigenvalue weighted by Gasteiger charge is -2.33. The fourth-order valence-corrected chi connectivity index (χ4v) is 5.21. The Morgan fingerprint density at radius 2 is 1.79 bits per heavy atom. The number of aryl methyl sites for hydroxylation is 3. The summed E-state index contributed by atoms with van der Waals surface area (Å²) in [5, 5.41) is 0. The molecule has 4 heterocycles. The molecule has 0 atom stereocenters. The molecule has 0 bridgehead atoms. The van der Waals surface area contributed by atoms with Crippen LogP contribution < -0.4 is 4.57 Å². The molecule has 0 saturated heterocycles. The van der Waals surface area contributed by atoms with Gasteiger partial charge in [0.25, 0.3) is 0 Å². The maximum Gasteiger partial charge on any atom is 0.220 e. The second kappa shape index (κ2) is 4.82. The molecule has 0 saturated carbocycles. The highest BCUT2D eigenvalue weighted by Gasteiger charge is 2.41. The van der Waals surface area contributed by atoms with Crippen LogP contribution in [-0.2, 0) is 12.6 Å². The third-order valence-corrected chi connectivity index (χ3v) is 6.40. The molecule has 4 nitrogen and oxygen atoms in total. The van der Waals surface area contributed by atoms with Crippen LogP contribution in [0.15, 0.2) is 48.7 Å². The van der Waals surface area contributed by atoms with Gasteiger partial charge in [-0.15, -0.1) is 0 Å². The zero-order valence-electron chi connectivity index (χ0n) is 16.9. The van der Waals surface area contributed by atoms with Gasteiger partial charge >= 0.3 is 0 Å². The van der Waals surface area contributed by atoms with E-state index >= 15 is 0 Å². The summed E-state index contributed by atoms with van der Waals surface area (Å²) >= 11 is 0. The average Bonchev–Trinajstić information content (AvgIpc) is 3.16. The predicted molar refractivity (Wildman–Crippen MR) is 113 cm³/mol. The first-order valence-electron chi connectivity index (χ1n) is 9.82. The monoisotopic (exact) mass is 367 g/mol. The van der Waals surface area contributed by atoms with Gasteiger partial charge < -0.3 is 0 Å². The molecule has 1 aliphatic heterocycles. The van der Waals surface area contributed by atoms with Crippen LogP contribution >= 0.6 is 0 Å². The SMILES string of the molecule is Cc1cc2c([n+](C)c1)-c1c(C)ccc3c1n(c1nc4ccccc4n31)C2(C)C. The van der Waals surface area contributed by atoms with Crippen molar-refractivity contribution in [2.75, 3.05) is 0 Å². The van der Waals surface area contributed by atoms with Crippen LogP contribution in [0.5, 0.6) is 0 Å². The fraction of sp³-hybridized carbons (Fsp3) is 0.250. The molecular weight excluding hydrogens is 344 g/mol. The zero-order valence-corrected chi connectivity index (χ0v) is 16.9. The van der Waals surface area contributed by atoms with Crippen LogP contribution in [0.2, 0.25) is 0 Å². The maximum atomic E-state index is 5.06. The topological polar surface area (TPSA) is 26.1 Å². The summed E-state index contributed by atoms with van der Waals surface area (Å²) in [4.78, 5) is 5.06. The number of pyridine rings is 1.